The number of carbonyl (C=O) groups is 4. The molecule has 0 bridgehead atoms. The summed E-state index contributed by atoms with van der Waals surface area (Å²) < 4.78 is 46.6. The summed E-state index contributed by atoms with van der Waals surface area (Å²) in [6.45, 7) is 1.74. The molecule has 6 atom stereocenters. The van der Waals surface area contributed by atoms with Crippen molar-refractivity contribution in [2.24, 2.45) is 29.1 Å². The third kappa shape index (κ3) is 4.92. The van der Waals surface area contributed by atoms with Crippen molar-refractivity contribution >= 4 is 69.3 Å². The molecule has 3 aromatic rings. The molecule has 2 saturated heterocycles. The Bertz CT molecular complexity index is 2010. The fraction of sp³-hybridized carbons (Fsp3) is 0.343. The number of pyridine rings is 1. The van der Waals surface area contributed by atoms with Gasteiger partial charge < -0.3 is 9.84 Å². The number of anilines is 2. The van der Waals surface area contributed by atoms with Gasteiger partial charge in [-0.1, -0.05) is 41.4 Å². The smallest absolute Gasteiger partial charge is 0.433 e. The van der Waals surface area contributed by atoms with E-state index in [0.717, 1.165) is 16.1 Å². The van der Waals surface area contributed by atoms with Crippen LogP contribution in [0.15, 0.2) is 66.2 Å². The normalized spacial score (nSPS) is 27.6. The number of benzene rings is 2. The molecule has 2 aliphatic carbocycles. The van der Waals surface area contributed by atoms with Gasteiger partial charge in [0.25, 0.3) is 11.8 Å². The molecule has 50 heavy (non-hydrogen) atoms. The molecule has 4 amide bonds. The van der Waals surface area contributed by atoms with Crippen molar-refractivity contribution in [2.45, 2.75) is 31.9 Å². The van der Waals surface area contributed by atoms with Gasteiger partial charge >= 0.3 is 6.18 Å². The molecule has 1 aromatic heterocycles. The summed E-state index contributed by atoms with van der Waals surface area (Å²) in [5.41, 5.74) is -0.914. The molecule has 3 heterocycles. The maximum Gasteiger partial charge on any atom is 0.433 e. The number of fused-ring (bicyclic) bond motifs is 4. The van der Waals surface area contributed by atoms with Crippen LogP contribution >= 0.6 is 34.2 Å². The largest absolute Gasteiger partial charge is 0.504 e. The van der Waals surface area contributed by atoms with E-state index in [1.54, 1.807) is 49.4 Å². The lowest BCUT2D eigenvalue weighted by molar-refractivity contribution is -0.141. The second kappa shape index (κ2) is 12.0. The van der Waals surface area contributed by atoms with Crippen molar-refractivity contribution in [1.82, 2.24) is 9.99 Å². The van der Waals surface area contributed by atoms with Crippen LogP contribution in [0.25, 0.3) is 0 Å². The minimum Gasteiger partial charge on any atom is -0.504 e. The highest BCUT2D eigenvalue weighted by atomic mass is 127. The zero-order chi connectivity index (χ0) is 36.0. The van der Waals surface area contributed by atoms with Crippen molar-refractivity contribution in [3.8, 4) is 11.5 Å². The molecule has 10 nitrogen and oxygen atoms in total. The van der Waals surface area contributed by atoms with E-state index in [1.807, 2.05) is 28.7 Å². The number of nitrogens with zero attached hydrogens (tertiary/aromatic N) is 4. The average Bonchev–Trinajstić information content (AvgIpc) is 3.45. The van der Waals surface area contributed by atoms with E-state index >= 15 is 0 Å². The average molecular weight is 821 g/mol. The number of hydrazine groups is 1. The van der Waals surface area contributed by atoms with E-state index < -0.39 is 76.3 Å². The number of aromatic nitrogens is 1. The highest BCUT2D eigenvalue weighted by Gasteiger charge is 2.68. The third-order valence-electron chi connectivity index (χ3n) is 10.6. The number of amides is 4. The van der Waals surface area contributed by atoms with Crippen LogP contribution in [-0.2, 0) is 25.4 Å². The molecule has 2 aliphatic heterocycles. The van der Waals surface area contributed by atoms with Gasteiger partial charge in [-0.2, -0.15) is 18.2 Å². The Morgan fingerprint density at radius 1 is 1.04 bits per heavy atom. The molecule has 260 valence electrons. The quantitative estimate of drug-likeness (QED) is 0.180. The zero-order valence-electron chi connectivity index (χ0n) is 26.7. The predicted octanol–water partition coefficient (Wildman–Crippen LogP) is 6.35. The number of aromatic hydroxyl groups is 1. The number of allylic oxidation sites excluding steroid dienone is 2. The first-order chi connectivity index (χ1) is 23.6. The molecule has 4 aliphatic rings. The van der Waals surface area contributed by atoms with Gasteiger partial charge in [0.2, 0.25) is 11.8 Å². The Hall–Kier alpha value is -4.18. The van der Waals surface area contributed by atoms with Gasteiger partial charge in [-0.25, -0.2) is 9.88 Å². The van der Waals surface area contributed by atoms with Crippen molar-refractivity contribution in [1.29, 1.82) is 0 Å². The standard InChI is InChI=1S/C35H29ClF3IN4O6/c1-34-21(31(47)43(33(34)49)17-7-5-4-6-8-17)15-20-18(27(34)16-13-23(40)28(45)24(14-16)50-3)9-10-19-26(20)32(48)44(30(19)46)42(2)29-22(36)11-12-25(41-29)35(37,38)39/h4-9,11-14,19-21,26-27,45H,10,15H2,1-3H3. The number of alkyl halides is 3. The molecule has 6 unspecified atom stereocenters. The highest BCUT2D eigenvalue weighted by molar-refractivity contribution is 14.1. The Morgan fingerprint density at radius 2 is 1.74 bits per heavy atom. The molecular formula is C35H29ClF3IN4O6. The number of hydrogen-bond acceptors (Lipinski definition) is 8. The number of phenols is 1. The summed E-state index contributed by atoms with van der Waals surface area (Å²) in [4.78, 5) is 62.1. The summed E-state index contributed by atoms with van der Waals surface area (Å²) in [5.74, 6) is -6.80. The SMILES string of the molecule is COc1cc(C2C3=CCC4C(=O)N(N(C)c5nc(C(F)(F)F)ccc5Cl)C(=O)C4C3CC3C(=O)N(c4ccccc4)C(=O)C32C)cc(I)c1O. The number of phenolic OH excluding ortho intramolecular Hbond substituents is 1. The van der Waals surface area contributed by atoms with Crippen LogP contribution in [-0.4, -0.2) is 52.9 Å². The number of hydrogen-bond donors (Lipinski definition) is 1. The number of para-hydroxylation sites is 1. The van der Waals surface area contributed by atoms with Crippen LogP contribution in [0.1, 0.15) is 36.9 Å². The van der Waals surface area contributed by atoms with Crippen molar-refractivity contribution in [3.63, 3.8) is 0 Å². The van der Waals surface area contributed by atoms with E-state index in [0.29, 0.717) is 26.5 Å². The minimum absolute atomic E-state index is 0.0688. The number of imide groups is 2. The van der Waals surface area contributed by atoms with Gasteiger partial charge in [0, 0.05) is 13.0 Å². The van der Waals surface area contributed by atoms with E-state index in [-0.39, 0.29) is 29.4 Å². The molecule has 7 rings (SSSR count). The van der Waals surface area contributed by atoms with E-state index in [9.17, 15) is 37.5 Å². The Labute approximate surface area is 302 Å². The molecule has 15 heteroatoms. The molecule has 1 N–H and O–H groups in total. The Balaban J connectivity index is 1.34. The second-order valence-corrected chi connectivity index (χ2v) is 14.6. The predicted molar refractivity (Wildman–Crippen MR) is 183 cm³/mol. The van der Waals surface area contributed by atoms with E-state index in [4.69, 9.17) is 16.3 Å². The van der Waals surface area contributed by atoms with Crippen LogP contribution in [0.2, 0.25) is 5.02 Å². The van der Waals surface area contributed by atoms with Crippen LogP contribution in [0.3, 0.4) is 0 Å². The molecule has 0 spiro atoms. The van der Waals surface area contributed by atoms with Gasteiger partial charge in [-0.3, -0.25) is 24.2 Å². The molecular weight excluding hydrogens is 792 g/mol. The van der Waals surface area contributed by atoms with Crippen LogP contribution in [0.4, 0.5) is 24.7 Å². The molecule has 3 fully saturated rings. The van der Waals surface area contributed by atoms with Gasteiger partial charge in [0.15, 0.2) is 17.3 Å². The van der Waals surface area contributed by atoms with Crippen molar-refractivity contribution in [3.05, 3.63) is 86.1 Å². The molecule has 1 saturated carbocycles. The summed E-state index contributed by atoms with van der Waals surface area (Å²) in [7, 11) is 2.65. The van der Waals surface area contributed by atoms with Gasteiger partial charge in [0.1, 0.15) is 5.69 Å². The van der Waals surface area contributed by atoms with Crippen LogP contribution in [0.5, 0.6) is 11.5 Å². The number of rotatable bonds is 5. The maximum absolute atomic E-state index is 14.6. The van der Waals surface area contributed by atoms with Crippen molar-refractivity contribution in [2.75, 3.05) is 24.1 Å². The first-order valence-corrected chi connectivity index (χ1v) is 17.1. The fourth-order valence-electron chi connectivity index (χ4n) is 8.32. The first-order valence-electron chi connectivity index (χ1n) is 15.7. The van der Waals surface area contributed by atoms with Crippen LogP contribution < -0.4 is 14.6 Å². The molecule has 2 aromatic carbocycles. The Morgan fingerprint density at radius 3 is 2.40 bits per heavy atom. The van der Waals surface area contributed by atoms with Gasteiger partial charge in [-0.05, 0) is 90.2 Å². The van der Waals surface area contributed by atoms with E-state index in [1.165, 1.54) is 19.1 Å². The second-order valence-electron chi connectivity index (χ2n) is 13.1. The topological polar surface area (TPSA) is 120 Å². The lowest BCUT2D eigenvalue weighted by Gasteiger charge is -2.49. The van der Waals surface area contributed by atoms with E-state index in [2.05, 4.69) is 4.98 Å². The zero-order valence-corrected chi connectivity index (χ0v) is 29.7. The minimum atomic E-state index is -4.80. The lowest BCUT2D eigenvalue weighted by Crippen LogP contribution is -2.49. The summed E-state index contributed by atoms with van der Waals surface area (Å²) in [6, 6.07) is 13.6. The Kier molecular flexibility index (Phi) is 8.20. The fourth-order valence-corrected chi connectivity index (χ4v) is 9.18. The van der Waals surface area contributed by atoms with Crippen LogP contribution in [0, 0.1) is 32.7 Å². The summed E-state index contributed by atoms with van der Waals surface area (Å²) in [5, 5.41) is 12.2. The number of ether oxygens (including phenoxy) is 1. The van der Waals surface area contributed by atoms with Crippen molar-refractivity contribution < 1.29 is 42.2 Å². The lowest BCUT2D eigenvalue weighted by atomic mass is 9.51. The number of carbonyl (C=O) groups excluding carboxylic acids is 4. The summed E-state index contributed by atoms with van der Waals surface area (Å²) in [6.07, 6.45) is -2.79. The maximum atomic E-state index is 14.6. The number of methoxy groups -OCH3 is 1. The summed E-state index contributed by atoms with van der Waals surface area (Å²) >= 11 is 8.21. The monoisotopic (exact) mass is 820 g/mol. The molecule has 0 radical (unpaired) electrons. The highest BCUT2D eigenvalue weighted by Crippen LogP contribution is 2.64. The van der Waals surface area contributed by atoms with Gasteiger partial charge in [0.05, 0.1) is 44.6 Å². The first kappa shape index (κ1) is 34.3. The third-order valence-corrected chi connectivity index (χ3v) is 11.7. The number of halogens is 5. The van der Waals surface area contributed by atoms with Gasteiger partial charge in [-0.15, -0.1) is 0 Å².